The maximum atomic E-state index is 2.62. The van der Waals surface area contributed by atoms with Crippen LogP contribution in [-0.2, 0) is 0 Å². The van der Waals surface area contributed by atoms with Crippen LogP contribution in [0.15, 0.2) is 72.9 Å². The summed E-state index contributed by atoms with van der Waals surface area (Å²) in [7, 11) is 0. The minimum atomic E-state index is 0.999. The van der Waals surface area contributed by atoms with Gasteiger partial charge in [0.25, 0.3) is 0 Å². The van der Waals surface area contributed by atoms with E-state index in [0.29, 0.717) is 0 Å². The van der Waals surface area contributed by atoms with Crippen LogP contribution in [0, 0.1) is 249 Å². The summed E-state index contributed by atoms with van der Waals surface area (Å²) in [5.74, 6) is 48.3. The van der Waals surface area contributed by atoms with Crippen molar-refractivity contribution in [2.45, 2.75) is 57.8 Å². The van der Waals surface area contributed by atoms with Crippen LogP contribution in [0.5, 0.6) is 0 Å². The van der Waals surface area contributed by atoms with E-state index in [2.05, 4.69) is 72.9 Å². The first-order valence-electron chi connectivity index (χ1n) is 29.3. The number of rotatable bonds is 0. The quantitative estimate of drug-likeness (QED) is 0.169. The van der Waals surface area contributed by atoms with Gasteiger partial charge in [0.1, 0.15) is 0 Å². The summed E-state index contributed by atoms with van der Waals surface area (Å²) < 4.78 is 0. The van der Waals surface area contributed by atoms with E-state index in [1.165, 1.54) is 143 Å². The third-order valence-corrected chi connectivity index (χ3v) is 30.8. The van der Waals surface area contributed by atoms with Gasteiger partial charge in [-0.1, -0.05) is 72.9 Å². The summed E-state index contributed by atoms with van der Waals surface area (Å²) in [6, 6.07) is 0. The Bertz CT molecular complexity index is 2090. The molecule has 27 aliphatic rings. The summed E-state index contributed by atoms with van der Waals surface area (Å²) in [5.41, 5.74) is 0. The predicted octanol–water partition coefficient (Wildman–Crippen LogP) is 12.0. The van der Waals surface area contributed by atoms with Gasteiger partial charge in [-0.25, -0.2) is 0 Å². The van der Waals surface area contributed by atoms with Crippen molar-refractivity contribution >= 4 is 0 Å². The SMILES string of the molecule is C1=CC2CC1C1C2C2C3C=CC(C3)C12.C1=CC2CC1C1C2C2C3CC(C12)C1C2C4C=CC(C4)C2C31.C1=CC2CC1C1C2C2C3CC4C(C31)C42.C1=CC2CC1C1C2C2C3CC4C(C31)C42. The van der Waals surface area contributed by atoms with Crippen LogP contribution in [0.2, 0.25) is 0 Å². The molecule has 27 aliphatic carbocycles. The largest absolute Gasteiger partial charge is 0.0848 e. The lowest BCUT2D eigenvalue weighted by Gasteiger charge is -2.66. The zero-order chi connectivity index (χ0) is 39.1. The Morgan fingerprint density at radius 2 is 0.238 bits per heavy atom. The Balaban J connectivity index is 0.0000000661. The Morgan fingerprint density at radius 3 is 0.381 bits per heavy atom. The van der Waals surface area contributed by atoms with Crippen molar-refractivity contribution in [2.75, 3.05) is 0 Å². The van der Waals surface area contributed by atoms with Gasteiger partial charge in [-0.3, -0.25) is 0 Å². The molecule has 0 spiro atoms. The second kappa shape index (κ2) is 10.1. The van der Waals surface area contributed by atoms with Crippen LogP contribution in [0.3, 0.4) is 0 Å². The molecule has 0 aliphatic heterocycles. The number of fused-ring (bicyclic) bond motifs is 44. The lowest BCUT2D eigenvalue weighted by atomic mass is 9.38. The third-order valence-electron chi connectivity index (χ3n) is 30.8. The van der Waals surface area contributed by atoms with Crippen molar-refractivity contribution in [3.63, 3.8) is 0 Å². The molecule has 0 aromatic heterocycles. The van der Waals surface area contributed by atoms with Crippen molar-refractivity contribution in [1.29, 1.82) is 0 Å². The lowest BCUT2D eigenvalue weighted by molar-refractivity contribution is -0.180. The van der Waals surface area contributed by atoms with E-state index in [9.17, 15) is 0 Å². The molecular formula is C63H72. The van der Waals surface area contributed by atoms with Gasteiger partial charge in [-0.15, -0.1) is 0 Å². The van der Waals surface area contributed by atoms with E-state index in [-0.39, 0.29) is 0 Å². The first-order valence-corrected chi connectivity index (χ1v) is 29.3. The summed E-state index contributed by atoms with van der Waals surface area (Å²) in [5, 5.41) is 0. The lowest BCUT2D eigenvalue weighted by Crippen LogP contribution is -2.62. The first kappa shape index (κ1) is 33.0. The van der Waals surface area contributed by atoms with Crippen LogP contribution < -0.4 is 0 Å². The molecule has 21 fully saturated rings. The molecule has 63 heavy (non-hydrogen) atoms. The van der Waals surface area contributed by atoms with Gasteiger partial charge in [0.05, 0.1) is 0 Å². The average Bonchev–Trinajstić information content (AvgIpc) is 4.10. The Hall–Kier alpha value is -1.56. The second-order valence-corrected chi connectivity index (χ2v) is 30.2. The zero-order valence-electron chi connectivity index (χ0n) is 37.5. The highest BCUT2D eigenvalue weighted by atomic mass is 14.9. The maximum Gasteiger partial charge on any atom is -0.0193 e. The van der Waals surface area contributed by atoms with Crippen LogP contribution in [0.1, 0.15) is 57.8 Å². The average molecular weight is 829 g/mol. The molecule has 0 radical (unpaired) electrons. The monoisotopic (exact) mass is 829 g/mol. The van der Waals surface area contributed by atoms with E-state index in [4.69, 9.17) is 0 Å². The van der Waals surface area contributed by atoms with Crippen LogP contribution in [0.25, 0.3) is 0 Å². The Morgan fingerprint density at radius 1 is 0.127 bits per heavy atom. The standard InChI is InChI=1S/C21H24.3C14H16/c1-2-9-5-8(1)14-15(9)19-13-7-12(18(14)19)20-16-10-3-4-11(6-10)17(16)21(13)20;2*1-2-6-3-5(1)9-10(6)12-7-4-8-13(11(7)9)14(8)12;1-2-8-5-7(1)11-12(8)14-10-4-3-9(6-10)13(11)14/h1-4,8-21H,5-7H2;2*1-2,5-14H,3-4H2;1-4,7-14H,5-6H2. The molecule has 21 saturated carbocycles. The molecule has 27 rings (SSSR count). The topological polar surface area (TPSA) is 0 Å². The van der Waals surface area contributed by atoms with E-state index >= 15 is 0 Å². The number of hydrogen-bond donors (Lipinski definition) is 0. The van der Waals surface area contributed by atoms with Crippen molar-refractivity contribution in [3.8, 4) is 0 Å². The molecule has 0 aromatic rings. The Labute approximate surface area is 377 Å². The predicted molar refractivity (Wildman–Crippen MR) is 243 cm³/mol. The van der Waals surface area contributed by atoms with E-state index < -0.39 is 0 Å². The summed E-state index contributed by atoms with van der Waals surface area (Å²) in [4.78, 5) is 0. The molecule has 0 atom stereocenters. The fraction of sp³-hybridized carbons (Fsp3) is 0.810. The third kappa shape index (κ3) is 3.24. The first-order chi connectivity index (χ1) is 31.2. The van der Waals surface area contributed by atoms with Gasteiger partial charge in [0, 0.05) is 0 Å². The molecule has 0 amide bonds. The normalized spacial score (nSPS) is 78.5. The molecule has 0 nitrogen and oxygen atoms in total. The smallest absolute Gasteiger partial charge is 0.0193 e. The van der Waals surface area contributed by atoms with Crippen molar-refractivity contribution in [1.82, 2.24) is 0 Å². The van der Waals surface area contributed by atoms with Gasteiger partial charge in [-0.2, -0.15) is 0 Å². The number of hydrogen-bond acceptors (Lipinski definition) is 0. The highest BCUT2D eigenvalue weighted by molar-refractivity contribution is 5.36. The number of allylic oxidation sites excluding steroid dienone is 12. The fourth-order valence-electron chi connectivity index (χ4n) is 31.0. The van der Waals surface area contributed by atoms with E-state index in [0.717, 1.165) is 118 Å². The molecule has 0 N–H and O–H groups in total. The van der Waals surface area contributed by atoms with Crippen LogP contribution in [-0.4, -0.2) is 0 Å². The minimum absolute atomic E-state index is 0.999. The molecule has 26 bridgehead atoms. The van der Waals surface area contributed by atoms with Gasteiger partial charge < -0.3 is 0 Å². The van der Waals surface area contributed by atoms with Crippen molar-refractivity contribution in [3.05, 3.63) is 72.9 Å². The summed E-state index contributed by atoms with van der Waals surface area (Å²) in [6.45, 7) is 0. The summed E-state index contributed by atoms with van der Waals surface area (Å²) >= 11 is 0. The highest BCUT2D eigenvalue weighted by Gasteiger charge is 2.84. The molecule has 324 valence electrons. The highest BCUT2D eigenvalue weighted by Crippen LogP contribution is 2.89. The molecule has 0 heterocycles. The molecule has 0 aromatic carbocycles. The maximum absolute atomic E-state index is 2.62. The fourth-order valence-corrected chi connectivity index (χ4v) is 31.0. The molecular weight excluding hydrogens is 757 g/mol. The van der Waals surface area contributed by atoms with Crippen LogP contribution >= 0.6 is 0 Å². The van der Waals surface area contributed by atoms with Crippen molar-refractivity contribution < 1.29 is 0 Å². The van der Waals surface area contributed by atoms with Crippen molar-refractivity contribution in [2.24, 2.45) is 249 Å². The van der Waals surface area contributed by atoms with Gasteiger partial charge in [0.15, 0.2) is 0 Å². The zero-order valence-corrected chi connectivity index (χ0v) is 37.5. The second-order valence-electron chi connectivity index (χ2n) is 30.2. The van der Waals surface area contributed by atoms with Gasteiger partial charge in [-0.05, 0) is 306 Å². The molecule has 0 saturated heterocycles. The Kier molecular flexibility index (Phi) is 5.29. The molecule has 0 unspecified atom stereocenters. The molecule has 0 heteroatoms. The minimum Gasteiger partial charge on any atom is -0.0848 e. The van der Waals surface area contributed by atoms with Gasteiger partial charge >= 0.3 is 0 Å². The van der Waals surface area contributed by atoms with E-state index in [1.807, 2.05) is 0 Å². The summed E-state index contributed by atoms with van der Waals surface area (Å²) in [6.07, 6.45) is 45.2. The van der Waals surface area contributed by atoms with Crippen LogP contribution in [0.4, 0.5) is 0 Å². The van der Waals surface area contributed by atoms with Gasteiger partial charge in [0.2, 0.25) is 0 Å². The van der Waals surface area contributed by atoms with E-state index in [1.54, 1.807) is 44.9 Å².